The average molecular weight is 324 g/mol. The zero-order valence-corrected chi connectivity index (χ0v) is 13.8. The first-order valence-corrected chi connectivity index (χ1v) is 9.66. The number of fused-ring (bicyclic) bond motifs is 5. The molecule has 3 heterocycles. The van der Waals surface area contributed by atoms with Crippen LogP contribution in [0.2, 0.25) is 0 Å². The van der Waals surface area contributed by atoms with Gasteiger partial charge in [-0.3, -0.25) is 0 Å². The maximum Gasteiger partial charge on any atom is 0.225 e. The molecule has 0 N–H and O–H groups in total. The zero-order chi connectivity index (χ0) is 13.6. The third-order valence-corrected chi connectivity index (χ3v) is 7.23. The molecule has 1 aliphatic heterocycles. The van der Waals surface area contributed by atoms with Crippen LogP contribution in [0.1, 0.15) is 30.9 Å². The molecule has 1 saturated heterocycles. The Morgan fingerprint density at radius 3 is 2.90 bits per heavy atom. The van der Waals surface area contributed by atoms with Gasteiger partial charge in [0.2, 0.25) is 5.79 Å². The first-order valence-electron chi connectivity index (χ1n) is 6.98. The topological polar surface area (TPSA) is 18.5 Å². The van der Waals surface area contributed by atoms with Gasteiger partial charge in [-0.1, -0.05) is 13.3 Å². The van der Waals surface area contributed by atoms with Gasteiger partial charge in [0.1, 0.15) is 0 Å². The second kappa shape index (κ2) is 5.14. The molecule has 4 rings (SSSR count). The van der Waals surface area contributed by atoms with Crippen LogP contribution in [0.5, 0.6) is 0 Å². The fraction of sp³-hybridized carbons (Fsp3) is 0.467. The summed E-state index contributed by atoms with van der Waals surface area (Å²) < 4.78 is 13.5. The van der Waals surface area contributed by atoms with Gasteiger partial charge in [0, 0.05) is 11.1 Å². The van der Waals surface area contributed by atoms with Gasteiger partial charge >= 0.3 is 0 Å². The Morgan fingerprint density at radius 2 is 2.10 bits per heavy atom. The van der Waals surface area contributed by atoms with E-state index in [9.17, 15) is 0 Å². The minimum atomic E-state index is -0.593. The molecule has 1 spiro atoms. The molecular formula is C15H16O2S3. The summed E-state index contributed by atoms with van der Waals surface area (Å²) in [6.07, 6.45) is 2.53. The van der Waals surface area contributed by atoms with Crippen LogP contribution in [0, 0.1) is 0 Å². The Kier molecular flexibility index (Phi) is 3.43. The lowest BCUT2D eigenvalue weighted by molar-refractivity contribution is -0.126. The van der Waals surface area contributed by atoms with E-state index in [1.165, 1.54) is 43.7 Å². The van der Waals surface area contributed by atoms with Gasteiger partial charge in [0.15, 0.2) is 0 Å². The number of unbranched alkanes of at least 4 members (excludes halogenated alkanes) is 1. The Balaban J connectivity index is 1.73. The van der Waals surface area contributed by atoms with E-state index in [0.29, 0.717) is 13.2 Å². The summed E-state index contributed by atoms with van der Waals surface area (Å²) in [4.78, 5) is 2.70. The van der Waals surface area contributed by atoms with Crippen molar-refractivity contribution in [3.63, 3.8) is 0 Å². The van der Waals surface area contributed by atoms with Gasteiger partial charge in [0.25, 0.3) is 0 Å². The van der Waals surface area contributed by atoms with E-state index in [4.69, 9.17) is 9.47 Å². The van der Waals surface area contributed by atoms with E-state index in [2.05, 4.69) is 24.4 Å². The van der Waals surface area contributed by atoms with Crippen LogP contribution >= 0.6 is 34.4 Å². The molecule has 20 heavy (non-hydrogen) atoms. The normalized spacial score (nSPS) is 18.6. The number of ether oxygens (including phenoxy) is 2. The first-order chi connectivity index (χ1) is 9.85. The molecule has 0 amide bonds. The van der Waals surface area contributed by atoms with E-state index in [1.807, 2.05) is 23.1 Å². The van der Waals surface area contributed by atoms with E-state index in [0.717, 1.165) is 0 Å². The number of thioether (sulfide) groups is 1. The molecule has 106 valence electrons. The highest BCUT2D eigenvalue weighted by molar-refractivity contribution is 8.01. The van der Waals surface area contributed by atoms with Crippen LogP contribution in [-0.2, 0) is 15.3 Å². The monoisotopic (exact) mass is 324 g/mol. The summed E-state index contributed by atoms with van der Waals surface area (Å²) in [5, 5.41) is 2.14. The molecule has 2 aromatic rings. The fourth-order valence-corrected chi connectivity index (χ4v) is 6.39. The van der Waals surface area contributed by atoms with E-state index < -0.39 is 5.79 Å². The van der Waals surface area contributed by atoms with E-state index >= 15 is 0 Å². The van der Waals surface area contributed by atoms with Crippen molar-refractivity contribution in [3.05, 3.63) is 28.6 Å². The Labute approximate surface area is 131 Å². The largest absolute Gasteiger partial charge is 0.340 e. The van der Waals surface area contributed by atoms with Crippen molar-refractivity contribution in [3.8, 4) is 9.75 Å². The third kappa shape index (κ3) is 1.84. The van der Waals surface area contributed by atoms with Crippen molar-refractivity contribution < 1.29 is 9.47 Å². The van der Waals surface area contributed by atoms with Gasteiger partial charge < -0.3 is 9.47 Å². The standard InChI is InChI=1S/C15H16O2S3/c1-2-3-7-18-12-9-11-14(20-12)13-10(4-8-19-13)15(11)16-5-6-17-15/h4,8-9H,2-3,5-7H2,1H3. The predicted molar refractivity (Wildman–Crippen MR) is 85.9 cm³/mol. The van der Waals surface area contributed by atoms with Crippen LogP contribution < -0.4 is 0 Å². The highest BCUT2D eigenvalue weighted by atomic mass is 32.2. The lowest BCUT2D eigenvalue weighted by Gasteiger charge is -2.22. The molecule has 1 fully saturated rings. The van der Waals surface area contributed by atoms with Gasteiger partial charge in [-0.05, 0) is 29.7 Å². The second-order valence-corrected chi connectivity index (χ2v) is 8.35. The van der Waals surface area contributed by atoms with Crippen molar-refractivity contribution in [1.82, 2.24) is 0 Å². The quantitative estimate of drug-likeness (QED) is 0.587. The molecule has 2 aliphatic rings. The van der Waals surface area contributed by atoms with Crippen LogP contribution in [0.3, 0.4) is 0 Å². The maximum absolute atomic E-state index is 6.03. The Bertz CT molecular complexity index is 623. The number of hydrogen-bond donors (Lipinski definition) is 0. The molecule has 2 aromatic heterocycles. The van der Waals surface area contributed by atoms with Gasteiger partial charge in [-0.15, -0.1) is 34.4 Å². The fourth-order valence-electron chi connectivity index (χ4n) is 2.78. The van der Waals surface area contributed by atoms with Crippen LogP contribution in [0.4, 0.5) is 0 Å². The Morgan fingerprint density at radius 1 is 1.25 bits per heavy atom. The van der Waals surface area contributed by atoms with Crippen molar-refractivity contribution in [2.75, 3.05) is 19.0 Å². The van der Waals surface area contributed by atoms with Gasteiger partial charge in [-0.2, -0.15) is 0 Å². The van der Waals surface area contributed by atoms with E-state index in [-0.39, 0.29) is 0 Å². The molecule has 0 saturated carbocycles. The summed E-state index contributed by atoms with van der Waals surface area (Å²) in [6, 6.07) is 4.44. The van der Waals surface area contributed by atoms with Crippen LogP contribution in [0.15, 0.2) is 21.7 Å². The van der Waals surface area contributed by atoms with Crippen molar-refractivity contribution >= 4 is 34.4 Å². The summed E-state index contributed by atoms with van der Waals surface area (Å²) in [7, 11) is 0. The molecule has 0 radical (unpaired) electrons. The maximum atomic E-state index is 6.03. The summed E-state index contributed by atoms with van der Waals surface area (Å²) in [5.74, 6) is 0.604. The minimum absolute atomic E-state index is 0.593. The molecule has 5 heteroatoms. The summed E-state index contributed by atoms with van der Waals surface area (Å²) in [6.45, 7) is 3.61. The second-order valence-electron chi connectivity index (χ2n) is 4.99. The Hall–Kier alpha value is -0.330. The van der Waals surface area contributed by atoms with E-state index in [1.54, 1.807) is 11.3 Å². The van der Waals surface area contributed by atoms with Gasteiger partial charge in [0.05, 0.1) is 27.2 Å². The molecule has 0 bridgehead atoms. The minimum Gasteiger partial charge on any atom is -0.340 e. The van der Waals surface area contributed by atoms with Crippen molar-refractivity contribution in [1.29, 1.82) is 0 Å². The molecular weight excluding hydrogens is 308 g/mol. The number of hydrogen-bond acceptors (Lipinski definition) is 5. The van der Waals surface area contributed by atoms with Gasteiger partial charge in [-0.25, -0.2) is 0 Å². The molecule has 0 atom stereocenters. The molecule has 1 aliphatic carbocycles. The number of rotatable bonds is 4. The predicted octanol–water partition coefficient (Wildman–Crippen LogP) is 4.93. The number of thiophene rings is 2. The smallest absolute Gasteiger partial charge is 0.225 e. The lowest BCUT2D eigenvalue weighted by Crippen LogP contribution is -2.24. The SMILES string of the molecule is CCCCSc1cc2c(s1)-c1sccc1C21OCCO1. The van der Waals surface area contributed by atoms with Crippen molar-refractivity contribution in [2.24, 2.45) is 0 Å². The van der Waals surface area contributed by atoms with Crippen LogP contribution in [-0.4, -0.2) is 19.0 Å². The van der Waals surface area contributed by atoms with Crippen LogP contribution in [0.25, 0.3) is 9.75 Å². The lowest BCUT2D eigenvalue weighted by atomic mass is 10.1. The summed E-state index contributed by atoms with van der Waals surface area (Å²) >= 11 is 5.65. The molecule has 0 unspecified atom stereocenters. The highest BCUT2D eigenvalue weighted by Gasteiger charge is 2.50. The summed E-state index contributed by atoms with van der Waals surface area (Å²) in [5.41, 5.74) is 2.45. The highest BCUT2D eigenvalue weighted by Crippen LogP contribution is 2.58. The third-order valence-electron chi connectivity index (χ3n) is 3.73. The van der Waals surface area contributed by atoms with Crippen molar-refractivity contribution in [2.45, 2.75) is 29.8 Å². The molecule has 2 nitrogen and oxygen atoms in total. The average Bonchev–Trinajstić information content (AvgIpc) is 3.19. The first kappa shape index (κ1) is 13.3. The molecule has 0 aromatic carbocycles. The zero-order valence-electron chi connectivity index (χ0n) is 11.3.